The van der Waals surface area contributed by atoms with Crippen LogP contribution in [0.2, 0.25) is 0 Å². The summed E-state index contributed by atoms with van der Waals surface area (Å²) in [5.74, 6) is 0.102. The topological polar surface area (TPSA) is 137 Å². The van der Waals surface area contributed by atoms with Gasteiger partial charge in [-0.15, -0.1) is 11.3 Å². The highest BCUT2D eigenvalue weighted by molar-refractivity contribution is 7.90. The molecule has 0 aliphatic heterocycles. The maximum absolute atomic E-state index is 12.7. The first-order valence-corrected chi connectivity index (χ1v) is 9.85. The number of urea groups is 1. The van der Waals surface area contributed by atoms with E-state index in [1.165, 1.54) is 36.0 Å². The molecule has 0 spiro atoms. The van der Waals surface area contributed by atoms with Crippen molar-refractivity contribution < 1.29 is 22.7 Å². The van der Waals surface area contributed by atoms with Crippen molar-refractivity contribution >= 4 is 38.3 Å². The number of anilines is 1. The first kappa shape index (κ1) is 18.8. The van der Waals surface area contributed by atoms with E-state index in [0.717, 1.165) is 0 Å². The molecule has 0 aliphatic rings. The largest absolute Gasteiger partial charge is 0.481 e. The molecule has 0 fully saturated rings. The van der Waals surface area contributed by atoms with E-state index < -0.39 is 16.1 Å². The van der Waals surface area contributed by atoms with E-state index >= 15 is 0 Å². The number of rotatable bonds is 5. The number of imidazole rings is 1. The highest BCUT2D eigenvalue weighted by atomic mass is 32.2. The molecule has 144 valence electrons. The van der Waals surface area contributed by atoms with Gasteiger partial charge in [0.25, 0.3) is 10.0 Å². The Kier molecular flexibility index (Phi) is 4.89. The number of hydrogen-bond acceptors (Lipinski definition) is 9. The zero-order valence-electron chi connectivity index (χ0n) is 14.8. The van der Waals surface area contributed by atoms with Crippen molar-refractivity contribution in [1.82, 2.24) is 24.1 Å². The van der Waals surface area contributed by atoms with Gasteiger partial charge in [0.05, 0.1) is 26.0 Å². The number of nitrogens with one attached hydrogen (secondary N) is 2. The van der Waals surface area contributed by atoms with Crippen molar-refractivity contribution in [3.8, 4) is 11.8 Å². The summed E-state index contributed by atoms with van der Waals surface area (Å²) in [5.41, 5.74) is 0.974. The molecule has 0 saturated carbocycles. The van der Waals surface area contributed by atoms with Crippen molar-refractivity contribution in [1.29, 1.82) is 0 Å². The second kappa shape index (κ2) is 7.00. The van der Waals surface area contributed by atoms with Gasteiger partial charge in [0.2, 0.25) is 17.7 Å². The molecular formula is C14H16N6O5S2. The Morgan fingerprint density at radius 2 is 1.78 bits per heavy atom. The minimum absolute atomic E-state index is 0.101. The number of sulfonamides is 1. The van der Waals surface area contributed by atoms with Crippen LogP contribution in [-0.4, -0.2) is 48.0 Å². The number of carbonyl (C=O) groups is 1. The quantitative estimate of drug-likeness (QED) is 0.640. The van der Waals surface area contributed by atoms with E-state index in [2.05, 4.69) is 20.3 Å². The van der Waals surface area contributed by atoms with Crippen LogP contribution in [0.15, 0.2) is 16.5 Å². The number of hydrogen-bond donors (Lipinski definition) is 2. The maximum Gasteiger partial charge on any atom is 0.335 e. The highest BCUT2D eigenvalue weighted by Gasteiger charge is 2.27. The van der Waals surface area contributed by atoms with Gasteiger partial charge in [-0.05, 0) is 13.8 Å². The zero-order valence-corrected chi connectivity index (χ0v) is 16.4. The Balaban J connectivity index is 1.87. The SMILES string of the molecule is COc1cc(OC)nc(NC(=O)NS(=O)(=O)c2c(C)nc3scc(C)n23)n1. The molecular weight excluding hydrogens is 396 g/mol. The van der Waals surface area contributed by atoms with Crippen LogP contribution in [0.4, 0.5) is 10.7 Å². The summed E-state index contributed by atoms with van der Waals surface area (Å²) < 4.78 is 38.8. The number of thiazole rings is 1. The summed E-state index contributed by atoms with van der Waals surface area (Å²) in [6.07, 6.45) is 0. The summed E-state index contributed by atoms with van der Waals surface area (Å²) in [7, 11) is -1.43. The summed E-state index contributed by atoms with van der Waals surface area (Å²) in [6.45, 7) is 3.31. The number of amides is 2. The molecule has 3 heterocycles. The lowest BCUT2D eigenvalue weighted by atomic mass is 10.5. The minimum atomic E-state index is -4.19. The van der Waals surface area contributed by atoms with Gasteiger partial charge in [-0.25, -0.2) is 14.5 Å². The highest BCUT2D eigenvalue weighted by Crippen LogP contribution is 2.24. The van der Waals surface area contributed by atoms with Crippen LogP contribution in [0.1, 0.15) is 11.4 Å². The molecule has 2 N–H and O–H groups in total. The molecule has 3 rings (SSSR count). The van der Waals surface area contributed by atoms with Crippen LogP contribution in [0.3, 0.4) is 0 Å². The summed E-state index contributed by atoms with van der Waals surface area (Å²) in [6, 6.07) is 0.374. The fourth-order valence-corrected chi connectivity index (χ4v) is 4.62. The maximum atomic E-state index is 12.7. The zero-order chi connectivity index (χ0) is 19.8. The van der Waals surface area contributed by atoms with Gasteiger partial charge < -0.3 is 9.47 Å². The molecule has 13 heteroatoms. The first-order chi connectivity index (χ1) is 12.7. The molecule has 0 radical (unpaired) electrons. The van der Waals surface area contributed by atoms with Gasteiger partial charge in [0.1, 0.15) is 0 Å². The monoisotopic (exact) mass is 412 g/mol. The lowest BCUT2D eigenvalue weighted by Gasteiger charge is -2.10. The van der Waals surface area contributed by atoms with Gasteiger partial charge in [0.15, 0.2) is 9.99 Å². The van der Waals surface area contributed by atoms with E-state index in [4.69, 9.17) is 9.47 Å². The number of aromatic nitrogens is 4. The molecule has 0 aliphatic carbocycles. The number of fused-ring (bicyclic) bond motifs is 1. The van der Waals surface area contributed by atoms with E-state index in [0.29, 0.717) is 10.7 Å². The predicted octanol–water partition coefficient (Wildman–Crippen LogP) is 1.33. The molecule has 0 bridgehead atoms. The van der Waals surface area contributed by atoms with Gasteiger partial charge in [-0.1, -0.05) is 0 Å². The number of ether oxygens (including phenoxy) is 2. The van der Waals surface area contributed by atoms with Crippen molar-refractivity contribution in [2.75, 3.05) is 19.5 Å². The number of carbonyl (C=O) groups excluding carboxylic acids is 1. The van der Waals surface area contributed by atoms with Crippen LogP contribution < -0.4 is 19.5 Å². The average Bonchev–Trinajstić information content (AvgIpc) is 3.12. The third kappa shape index (κ3) is 3.64. The molecule has 3 aromatic heterocycles. The van der Waals surface area contributed by atoms with Crippen LogP contribution in [0.5, 0.6) is 11.8 Å². The van der Waals surface area contributed by atoms with Crippen molar-refractivity contribution in [2.45, 2.75) is 18.9 Å². The van der Waals surface area contributed by atoms with E-state index in [1.807, 2.05) is 4.72 Å². The van der Waals surface area contributed by atoms with Gasteiger partial charge in [-0.2, -0.15) is 18.4 Å². The smallest absolute Gasteiger partial charge is 0.335 e. The molecule has 0 unspecified atom stereocenters. The molecule has 0 saturated heterocycles. The Hall–Kier alpha value is -2.93. The predicted molar refractivity (Wildman–Crippen MR) is 97.0 cm³/mol. The molecule has 0 atom stereocenters. The normalized spacial score (nSPS) is 11.4. The van der Waals surface area contributed by atoms with E-state index in [9.17, 15) is 13.2 Å². The van der Waals surface area contributed by atoms with Crippen molar-refractivity contribution in [3.05, 3.63) is 22.8 Å². The van der Waals surface area contributed by atoms with Crippen LogP contribution in [0.25, 0.3) is 4.96 Å². The fraction of sp³-hybridized carbons (Fsp3) is 0.286. The molecule has 3 aromatic rings. The second-order valence-electron chi connectivity index (χ2n) is 5.33. The Morgan fingerprint density at radius 3 is 2.37 bits per heavy atom. The second-order valence-corrected chi connectivity index (χ2v) is 7.77. The minimum Gasteiger partial charge on any atom is -0.481 e. The Morgan fingerprint density at radius 1 is 1.15 bits per heavy atom. The van der Waals surface area contributed by atoms with Crippen LogP contribution in [-0.2, 0) is 10.0 Å². The van der Waals surface area contributed by atoms with Gasteiger partial charge in [0, 0.05) is 11.1 Å². The van der Waals surface area contributed by atoms with Gasteiger partial charge >= 0.3 is 6.03 Å². The van der Waals surface area contributed by atoms with E-state index in [1.54, 1.807) is 19.2 Å². The summed E-state index contributed by atoms with van der Waals surface area (Å²) in [4.78, 5) is 24.8. The molecule has 11 nitrogen and oxygen atoms in total. The Bertz CT molecular complexity index is 1100. The lowest BCUT2D eigenvalue weighted by molar-refractivity contribution is 0.256. The van der Waals surface area contributed by atoms with Crippen LogP contribution in [0, 0.1) is 13.8 Å². The molecule has 2 amide bonds. The Labute approximate surface area is 158 Å². The first-order valence-electron chi connectivity index (χ1n) is 7.49. The van der Waals surface area contributed by atoms with E-state index in [-0.39, 0.29) is 28.4 Å². The molecule has 0 aromatic carbocycles. The fourth-order valence-electron chi connectivity index (χ4n) is 2.35. The van der Waals surface area contributed by atoms with Crippen molar-refractivity contribution in [2.24, 2.45) is 0 Å². The molecule has 27 heavy (non-hydrogen) atoms. The standard InChI is InChI=1S/C14H16N6O5S2/c1-7-6-26-14-15-8(2)11(20(7)14)27(22,23)19-13(21)18-12-16-9(24-3)5-10(17-12)25-4/h5-6H,1-4H3,(H2,16,17,18,19,21). The average molecular weight is 412 g/mol. The summed E-state index contributed by atoms with van der Waals surface area (Å²) in [5, 5.41) is 3.92. The lowest BCUT2D eigenvalue weighted by Crippen LogP contribution is -2.35. The number of nitrogens with zero attached hydrogens (tertiary/aromatic N) is 4. The van der Waals surface area contributed by atoms with Gasteiger partial charge in [-0.3, -0.25) is 9.72 Å². The van der Waals surface area contributed by atoms with Crippen molar-refractivity contribution in [3.63, 3.8) is 0 Å². The third-order valence-corrected chi connectivity index (χ3v) is 5.84. The number of methoxy groups -OCH3 is 2. The number of aryl methyl sites for hydroxylation is 2. The van der Waals surface area contributed by atoms with Crippen LogP contribution >= 0.6 is 11.3 Å². The third-order valence-electron chi connectivity index (χ3n) is 3.46. The summed E-state index contributed by atoms with van der Waals surface area (Å²) >= 11 is 1.31.